The highest BCUT2D eigenvalue weighted by molar-refractivity contribution is 7.22. The minimum Gasteiger partial charge on any atom is -0.494 e. The zero-order valence-corrected chi connectivity index (χ0v) is 13.8. The van der Waals surface area contributed by atoms with E-state index in [4.69, 9.17) is 15.5 Å². The molecule has 0 amide bonds. The lowest BCUT2D eigenvalue weighted by molar-refractivity contribution is 0.419. The van der Waals surface area contributed by atoms with Crippen molar-refractivity contribution in [2.24, 2.45) is 0 Å². The summed E-state index contributed by atoms with van der Waals surface area (Å²) in [7, 11) is 1.63. The van der Waals surface area contributed by atoms with Crippen molar-refractivity contribution >= 4 is 38.0 Å². The first-order valence-electron chi connectivity index (χ1n) is 6.86. The van der Waals surface area contributed by atoms with Crippen LogP contribution in [0.15, 0.2) is 41.9 Å². The summed E-state index contributed by atoms with van der Waals surface area (Å²) in [5, 5.41) is 3.44. The molecule has 0 bridgehead atoms. The molecule has 0 atom stereocenters. The van der Waals surface area contributed by atoms with Gasteiger partial charge in [-0.1, -0.05) is 17.4 Å². The third-order valence-corrected chi connectivity index (χ3v) is 5.19. The van der Waals surface area contributed by atoms with Crippen molar-refractivity contribution in [2.75, 3.05) is 12.8 Å². The normalized spacial score (nSPS) is 11.0. The number of ether oxygens (including phenoxy) is 1. The molecular weight excluding hydrogens is 328 g/mol. The number of hydrogen-bond acceptors (Lipinski definition) is 7. The number of hydrogen-bond donors (Lipinski definition) is 1. The van der Waals surface area contributed by atoms with Crippen molar-refractivity contribution in [1.82, 2.24) is 15.0 Å². The maximum Gasteiger partial charge on any atom is 0.181 e. The van der Waals surface area contributed by atoms with Gasteiger partial charge in [0, 0.05) is 17.1 Å². The van der Waals surface area contributed by atoms with Crippen molar-refractivity contribution in [3.8, 4) is 27.7 Å². The average molecular weight is 340 g/mol. The van der Waals surface area contributed by atoms with Gasteiger partial charge < -0.3 is 10.5 Å². The molecule has 0 aliphatic rings. The van der Waals surface area contributed by atoms with E-state index in [2.05, 4.69) is 9.97 Å². The van der Waals surface area contributed by atoms with E-state index < -0.39 is 0 Å². The van der Waals surface area contributed by atoms with Gasteiger partial charge in [-0.25, -0.2) is 9.97 Å². The Kier molecular flexibility index (Phi) is 3.44. The first-order valence-corrected chi connectivity index (χ1v) is 8.56. The first-order chi connectivity index (χ1) is 11.3. The van der Waals surface area contributed by atoms with Crippen LogP contribution in [0.25, 0.3) is 32.2 Å². The predicted octanol–water partition coefficient (Wildman–Crippen LogP) is 4.07. The van der Waals surface area contributed by atoms with Crippen molar-refractivity contribution < 1.29 is 4.74 Å². The smallest absolute Gasteiger partial charge is 0.181 e. The average Bonchev–Trinajstić information content (AvgIpc) is 3.21. The van der Waals surface area contributed by atoms with Gasteiger partial charge in [0.15, 0.2) is 5.13 Å². The summed E-state index contributed by atoms with van der Waals surface area (Å²) >= 11 is 3.01. The van der Waals surface area contributed by atoms with Crippen molar-refractivity contribution in [2.45, 2.75) is 0 Å². The molecule has 0 spiro atoms. The van der Waals surface area contributed by atoms with Crippen LogP contribution in [0, 0.1) is 0 Å². The third kappa shape index (κ3) is 2.43. The number of aromatic nitrogens is 3. The number of nitrogens with zero attached hydrogens (tertiary/aromatic N) is 3. The van der Waals surface area contributed by atoms with E-state index in [0.29, 0.717) is 5.13 Å². The Bertz CT molecular complexity index is 978. The molecule has 114 valence electrons. The number of thiazole rings is 2. The molecule has 5 nitrogen and oxygen atoms in total. The molecule has 4 aromatic rings. The molecule has 2 N–H and O–H groups in total. The van der Waals surface area contributed by atoms with E-state index in [-0.39, 0.29) is 0 Å². The van der Waals surface area contributed by atoms with Gasteiger partial charge in [0.1, 0.15) is 16.3 Å². The maximum absolute atomic E-state index is 5.88. The number of methoxy groups -OCH3 is 1. The summed E-state index contributed by atoms with van der Waals surface area (Å²) in [5.41, 5.74) is 9.43. The zero-order chi connectivity index (χ0) is 15.8. The monoisotopic (exact) mass is 340 g/mol. The Labute approximate surface area is 140 Å². The number of fused-ring (bicyclic) bond motifs is 1. The summed E-state index contributed by atoms with van der Waals surface area (Å²) in [6.07, 6.45) is 1.77. The Hall–Kier alpha value is -2.51. The van der Waals surface area contributed by atoms with Gasteiger partial charge in [-0.2, -0.15) is 0 Å². The fraction of sp³-hybridized carbons (Fsp3) is 0.0625. The first kappa shape index (κ1) is 14.1. The van der Waals surface area contributed by atoms with Gasteiger partial charge in [0.2, 0.25) is 0 Å². The van der Waals surface area contributed by atoms with Gasteiger partial charge in [0.05, 0.1) is 23.2 Å². The van der Waals surface area contributed by atoms with Gasteiger partial charge >= 0.3 is 0 Å². The number of pyridine rings is 1. The second-order valence-corrected chi connectivity index (χ2v) is 6.69. The standard InChI is InChI=1S/C16H12N4OS2/c1-21-12-6-5-9(14-13(12)20-16(17)23-14)11-8-22-15(19-11)10-4-2-3-7-18-10/h2-8H,1H3,(H2,17,20). The van der Waals surface area contributed by atoms with Crippen LogP contribution in [-0.4, -0.2) is 22.1 Å². The number of anilines is 1. The summed E-state index contributed by atoms with van der Waals surface area (Å²) in [6, 6.07) is 9.70. The fourth-order valence-corrected chi connectivity index (χ4v) is 4.04. The summed E-state index contributed by atoms with van der Waals surface area (Å²) in [6.45, 7) is 0. The molecule has 0 saturated carbocycles. The van der Waals surface area contributed by atoms with Crippen molar-refractivity contribution in [1.29, 1.82) is 0 Å². The van der Waals surface area contributed by atoms with Gasteiger partial charge in [0.25, 0.3) is 0 Å². The molecule has 0 unspecified atom stereocenters. The Balaban J connectivity index is 1.86. The van der Waals surface area contributed by atoms with Crippen LogP contribution in [0.1, 0.15) is 0 Å². The van der Waals surface area contributed by atoms with E-state index in [9.17, 15) is 0 Å². The minimum absolute atomic E-state index is 0.519. The number of nitrogen functional groups attached to an aromatic ring is 1. The van der Waals surface area contributed by atoms with Crippen LogP contribution >= 0.6 is 22.7 Å². The van der Waals surface area contributed by atoms with Crippen LogP contribution < -0.4 is 10.5 Å². The van der Waals surface area contributed by atoms with Crippen LogP contribution in [0.4, 0.5) is 5.13 Å². The van der Waals surface area contributed by atoms with Gasteiger partial charge in [-0.3, -0.25) is 4.98 Å². The molecule has 7 heteroatoms. The molecule has 4 rings (SSSR count). The number of rotatable bonds is 3. The van der Waals surface area contributed by atoms with Crippen LogP contribution in [0.3, 0.4) is 0 Å². The van der Waals surface area contributed by atoms with Gasteiger partial charge in [-0.15, -0.1) is 11.3 Å². The highest BCUT2D eigenvalue weighted by Gasteiger charge is 2.15. The maximum atomic E-state index is 5.88. The highest BCUT2D eigenvalue weighted by Crippen LogP contribution is 2.39. The molecule has 0 fully saturated rings. The van der Waals surface area contributed by atoms with Gasteiger partial charge in [-0.05, 0) is 24.3 Å². The molecule has 0 radical (unpaired) electrons. The van der Waals surface area contributed by atoms with Crippen molar-refractivity contribution in [3.05, 3.63) is 41.9 Å². The number of benzene rings is 1. The van der Waals surface area contributed by atoms with Crippen LogP contribution in [0.5, 0.6) is 5.75 Å². The highest BCUT2D eigenvalue weighted by atomic mass is 32.1. The lowest BCUT2D eigenvalue weighted by Gasteiger charge is -2.03. The molecule has 1 aromatic carbocycles. The Morgan fingerprint density at radius 1 is 1.09 bits per heavy atom. The molecular formula is C16H12N4OS2. The topological polar surface area (TPSA) is 73.9 Å². The van der Waals surface area contributed by atoms with Crippen molar-refractivity contribution in [3.63, 3.8) is 0 Å². The van der Waals surface area contributed by atoms with E-state index in [1.54, 1.807) is 24.6 Å². The zero-order valence-electron chi connectivity index (χ0n) is 12.2. The molecule has 0 saturated heterocycles. The third-order valence-electron chi connectivity index (χ3n) is 3.41. The predicted molar refractivity (Wildman–Crippen MR) is 94.9 cm³/mol. The number of nitrogens with two attached hydrogens (primary N) is 1. The minimum atomic E-state index is 0.519. The second-order valence-electron chi connectivity index (χ2n) is 4.80. The Morgan fingerprint density at radius 3 is 2.78 bits per heavy atom. The lowest BCUT2D eigenvalue weighted by atomic mass is 10.1. The SMILES string of the molecule is COc1ccc(-c2csc(-c3ccccn3)n2)c2sc(N)nc12. The molecule has 3 aromatic heterocycles. The summed E-state index contributed by atoms with van der Waals surface area (Å²) < 4.78 is 6.35. The Morgan fingerprint density at radius 2 is 2.00 bits per heavy atom. The quantitative estimate of drug-likeness (QED) is 0.608. The second kappa shape index (κ2) is 5.60. The molecule has 3 heterocycles. The van der Waals surface area contributed by atoms with Crippen LogP contribution in [-0.2, 0) is 0 Å². The van der Waals surface area contributed by atoms with E-state index >= 15 is 0 Å². The fourth-order valence-electron chi connectivity index (χ4n) is 2.37. The molecule has 0 aliphatic heterocycles. The van der Waals surface area contributed by atoms with E-state index in [1.807, 2.05) is 35.7 Å². The van der Waals surface area contributed by atoms with E-state index in [1.165, 1.54) is 11.3 Å². The largest absolute Gasteiger partial charge is 0.494 e. The van der Waals surface area contributed by atoms with E-state index in [0.717, 1.165) is 37.9 Å². The summed E-state index contributed by atoms with van der Waals surface area (Å²) in [5.74, 6) is 0.719. The lowest BCUT2D eigenvalue weighted by Crippen LogP contribution is -1.87. The molecule has 23 heavy (non-hydrogen) atoms. The van der Waals surface area contributed by atoms with Crippen LogP contribution in [0.2, 0.25) is 0 Å². The molecule has 0 aliphatic carbocycles. The summed E-state index contributed by atoms with van der Waals surface area (Å²) in [4.78, 5) is 13.4.